The Balaban J connectivity index is 1.33. The molecule has 2 aromatic heterocycles. The van der Waals surface area contributed by atoms with Crippen LogP contribution in [0.2, 0.25) is 0 Å². The minimum atomic E-state index is 0.335. The molecular formula is C17H21N7O2. The van der Waals surface area contributed by atoms with Crippen molar-refractivity contribution in [2.45, 2.75) is 0 Å². The number of hydrogen-bond acceptors (Lipinski definition) is 8. The number of nitrogens with zero attached hydrogens (tertiary/aromatic N) is 4. The number of imidazole rings is 1. The Hall–Kier alpha value is -2.91. The van der Waals surface area contributed by atoms with Crippen molar-refractivity contribution in [1.29, 1.82) is 0 Å². The first-order valence-electron chi connectivity index (χ1n) is 8.54. The predicted molar refractivity (Wildman–Crippen MR) is 98.6 cm³/mol. The molecule has 4 N–H and O–H groups in total. The summed E-state index contributed by atoms with van der Waals surface area (Å²) in [4.78, 5) is 17.9. The van der Waals surface area contributed by atoms with Crippen molar-refractivity contribution in [3.05, 3.63) is 30.6 Å². The second kappa shape index (κ2) is 7.54. The maximum atomic E-state index is 5.89. The quantitative estimate of drug-likeness (QED) is 0.608. The molecule has 9 heteroatoms. The Bertz CT molecular complexity index is 859. The third-order valence-corrected chi connectivity index (χ3v) is 4.20. The van der Waals surface area contributed by atoms with Gasteiger partial charge < -0.3 is 25.5 Å². The molecule has 0 aliphatic carbocycles. The van der Waals surface area contributed by atoms with Gasteiger partial charge in [-0.1, -0.05) is 0 Å². The van der Waals surface area contributed by atoms with Crippen molar-refractivity contribution in [3.63, 3.8) is 0 Å². The van der Waals surface area contributed by atoms with E-state index in [1.807, 2.05) is 24.3 Å². The summed E-state index contributed by atoms with van der Waals surface area (Å²) in [5.74, 6) is 1.58. The van der Waals surface area contributed by atoms with E-state index < -0.39 is 0 Å². The number of H-pyrrole nitrogens is 1. The fourth-order valence-electron chi connectivity index (χ4n) is 2.79. The van der Waals surface area contributed by atoms with E-state index in [1.165, 1.54) is 0 Å². The van der Waals surface area contributed by atoms with Gasteiger partial charge in [0.2, 0.25) is 5.95 Å². The zero-order valence-corrected chi connectivity index (χ0v) is 14.3. The monoisotopic (exact) mass is 355 g/mol. The number of fused-ring (bicyclic) bond motifs is 1. The lowest BCUT2D eigenvalue weighted by Gasteiger charge is -2.26. The van der Waals surface area contributed by atoms with E-state index in [9.17, 15) is 0 Å². The largest absolute Gasteiger partial charge is 0.492 e. The molecule has 0 atom stereocenters. The van der Waals surface area contributed by atoms with E-state index in [-0.39, 0.29) is 0 Å². The molecule has 0 bridgehead atoms. The second-order valence-corrected chi connectivity index (χ2v) is 5.98. The average Bonchev–Trinajstić information content (AvgIpc) is 3.13. The van der Waals surface area contributed by atoms with Gasteiger partial charge in [0.15, 0.2) is 11.5 Å². The van der Waals surface area contributed by atoms with Crippen LogP contribution in [0.25, 0.3) is 11.2 Å². The van der Waals surface area contributed by atoms with Gasteiger partial charge in [-0.2, -0.15) is 9.97 Å². The van der Waals surface area contributed by atoms with E-state index >= 15 is 0 Å². The van der Waals surface area contributed by atoms with Crippen LogP contribution < -0.4 is 15.8 Å². The van der Waals surface area contributed by atoms with Crippen LogP contribution in [0.3, 0.4) is 0 Å². The molecular weight excluding hydrogens is 334 g/mol. The number of benzene rings is 1. The van der Waals surface area contributed by atoms with Gasteiger partial charge in [-0.05, 0) is 24.3 Å². The van der Waals surface area contributed by atoms with Crippen LogP contribution in [-0.2, 0) is 4.74 Å². The number of hydrogen-bond donors (Lipinski definition) is 3. The topological polar surface area (TPSA) is 114 Å². The summed E-state index contributed by atoms with van der Waals surface area (Å²) in [7, 11) is 0. The van der Waals surface area contributed by atoms with E-state index in [0.29, 0.717) is 29.5 Å². The first-order chi connectivity index (χ1) is 12.8. The zero-order valence-electron chi connectivity index (χ0n) is 14.3. The lowest BCUT2D eigenvalue weighted by molar-refractivity contribution is 0.0322. The van der Waals surface area contributed by atoms with Crippen LogP contribution in [0.15, 0.2) is 30.6 Å². The number of aromatic nitrogens is 4. The second-order valence-electron chi connectivity index (χ2n) is 5.98. The van der Waals surface area contributed by atoms with Crippen LogP contribution in [0.4, 0.5) is 17.5 Å². The fourth-order valence-corrected chi connectivity index (χ4v) is 2.79. The summed E-state index contributed by atoms with van der Waals surface area (Å²) in [5, 5.41) is 3.13. The van der Waals surface area contributed by atoms with Crippen LogP contribution in [0, 0.1) is 0 Å². The van der Waals surface area contributed by atoms with Gasteiger partial charge in [0.25, 0.3) is 0 Å². The Morgan fingerprint density at radius 2 is 2.00 bits per heavy atom. The third kappa shape index (κ3) is 3.84. The molecule has 1 saturated heterocycles. The Kier molecular flexibility index (Phi) is 4.80. The van der Waals surface area contributed by atoms with Gasteiger partial charge in [0, 0.05) is 25.3 Å². The van der Waals surface area contributed by atoms with Crippen LogP contribution in [0.5, 0.6) is 5.75 Å². The van der Waals surface area contributed by atoms with Crippen LogP contribution in [-0.4, -0.2) is 64.3 Å². The standard InChI is InChI=1S/C17H21N7O2/c18-15-14-16(20-11-19-14)23-17(22-15)21-12-1-3-13(4-2-12)26-10-7-24-5-8-25-9-6-24/h1-4,11H,5-10H2,(H4,18,19,20,21,22,23). The number of rotatable bonds is 6. The van der Waals surface area contributed by atoms with E-state index in [0.717, 1.165) is 44.3 Å². The molecule has 0 spiro atoms. The van der Waals surface area contributed by atoms with Crippen LogP contribution >= 0.6 is 0 Å². The average molecular weight is 355 g/mol. The summed E-state index contributed by atoms with van der Waals surface area (Å²) in [6.45, 7) is 5.10. The van der Waals surface area contributed by atoms with E-state index in [1.54, 1.807) is 6.33 Å². The minimum absolute atomic E-state index is 0.335. The van der Waals surface area contributed by atoms with Gasteiger partial charge in [0.1, 0.15) is 17.9 Å². The minimum Gasteiger partial charge on any atom is -0.492 e. The van der Waals surface area contributed by atoms with E-state index in [2.05, 4.69) is 30.2 Å². The zero-order chi connectivity index (χ0) is 17.8. The number of anilines is 3. The molecule has 1 aromatic carbocycles. The van der Waals surface area contributed by atoms with Crippen molar-refractivity contribution in [2.24, 2.45) is 0 Å². The van der Waals surface area contributed by atoms with Crippen molar-refractivity contribution in [2.75, 3.05) is 50.5 Å². The third-order valence-electron chi connectivity index (χ3n) is 4.20. The number of nitrogens with one attached hydrogen (secondary N) is 2. The highest BCUT2D eigenvalue weighted by molar-refractivity contribution is 5.82. The van der Waals surface area contributed by atoms with Gasteiger partial charge in [0.05, 0.1) is 19.5 Å². The molecule has 136 valence electrons. The highest BCUT2D eigenvalue weighted by Gasteiger charge is 2.10. The van der Waals surface area contributed by atoms with Crippen molar-refractivity contribution < 1.29 is 9.47 Å². The molecule has 4 rings (SSSR count). The first kappa shape index (κ1) is 16.6. The number of nitrogens with two attached hydrogens (primary N) is 1. The normalized spacial score (nSPS) is 15.2. The van der Waals surface area contributed by atoms with Gasteiger partial charge in [-0.25, -0.2) is 4.98 Å². The molecule has 1 aliphatic rings. The van der Waals surface area contributed by atoms with Crippen molar-refractivity contribution >= 4 is 28.6 Å². The highest BCUT2D eigenvalue weighted by atomic mass is 16.5. The van der Waals surface area contributed by atoms with Gasteiger partial charge >= 0.3 is 0 Å². The number of aromatic amines is 1. The Labute approximate surface area is 150 Å². The summed E-state index contributed by atoms with van der Waals surface area (Å²) >= 11 is 0. The lowest BCUT2D eigenvalue weighted by atomic mass is 10.3. The maximum absolute atomic E-state index is 5.89. The molecule has 1 aliphatic heterocycles. The maximum Gasteiger partial charge on any atom is 0.231 e. The molecule has 0 unspecified atom stereocenters. The molecule has 0 amide bonds. The molecule has 26 heavy (non-hydrogen) atoms. The summed E-state index contributed by atoms with van der Waals surface area (Å²) in [5.41, 5.74) is 7.91. The van der Waals surface area contributed by atoms with Gasteiger partial charge in [-0.15, -0.1) is 0 Å². The van der Waals surface area contributed by atoms with Crippen LogP contribution in [0.1, 0.15) is 0 Å². The fraction of sp³-hybridized carbons (Fsp3) is 0.353. The highest BCUT2D eigenvalue weighted by Crippen LogP contribution is 2.21. The smallest absolute Gasteiger partial charge is 0.231 e. The van der Waals surface area contributed by atoms with Crippen molar-refractivity contribution in [1.82, 2.24) is 24.8 Å². The SMILES string of the molecule is Nc1nc(Nc2ccc(OCCN3CCOCC3)cc2)nc2[nH]cnc12. The predicted octanol–water partition coefficient (Wildman–Crippen LogP) is 1.39. The Morgan fingerprint density at radius 3 is 2.81 bits per heavy atom. The summed E-state index contributed by atoms with van der Waals surface area (Å²) in [6, 6.07) is 7.67. The van der Waals surface area contributed by atoms with Gasteiger partial charge in [-0.3, -0.25) is 4.90 Å². The molecule has 9 nitrogen and oxygen atoms in total. The molecule has 3 heterocycles. The van der Waals surface area contributed by atoms with E-state index in [4.69, 9.17) is 15.2 Å². The first-order valence-corrected chi connectivity index (χ1v) is 8.54. The lowest BCUT2D eigenvalue weighted by Crippen LogP contribution is -2.38. The number of ether oxygens (including phenoxy) is 2. The molecule has 0 radical (unpaired) electrons. The summed E-state index contributed by atoms with van der Waals surface area (Å²) < 4.78 is 11.1. The number of morpholine rings is 1. The molecule has 1 fully saturated rings. The van der Waals surface area contributed by atoms with Crippen molar-refractivity contribution in [3.8, 4) is 5.75 Å². The molecule has 0 saturated carbocycles. The Morgan fingerprint density at radius 1 is 1.19 bits per heavy atom. The molecule has 3 aromatic rings. The number of nitrogen functional groups attached to an aromatic ring is 1. The summed E-state index contributed by atoms with van der Waals surface area (Å²) in [6.07, 6.45) is 1.54.